The van der Waals surface area contributed by atoms with Gasteiger partial charge in [0.25, 0.3) is 0 Å². The Balaban J connectivity index is 1.85. The molecule has 0 radical (unpaired) electrons. The molecule has 4 atom stereocenters. The quantitative estimate of drug-likeness (QED) is 0.702. The van der Waals surface area contributed by atoms with Gasteiger partial charge in [0.15, 0.2) is 8.32 Å². The molecule has 2 nitrogen and oxygen atoms in total. The highest BCUT2D eigenvalue weighted by Crippen LogP contribution is 2.57. The summed E-state index contributed by atoms with van der Waals surface area (Å²) < 4.78 is 13.3. The van der Waals surface area contributed by atoms with Crippen LogP contribution in [0.3, 0.4) is 0 Å². The molecular formula is C19H30O2Si. The van der Waals surface area contributed by atoms with Gasteiger partial charge < -0.3 is 9.16 Å². The lowest BCUT2D eigenvalue weighted by atomic mass is 9.94. The highest BCUT2D eigenvalue weighted by Gasteiger charge is 2.60. The number of hydrogen-bond donors (Lipinski definition) is 0. The molecule has 3 rings (SSSR count). The van der Waals surface area contributed by atoms with Gasteiger partial charge in [0, 0.05) is 5.92 Å². The summed E-state index contributed by atoms with van der Waals surface area (Å²) in [5, 5.41) is 0.244. The fourth-order valence-electron chi connectivity index (χ4n) is 3.68. The zero-order chi connectivity index (χ0) is 16.2. The molecule has 122 valence electrons. The van der Waals surface area contributed by atoms with E-state index in [1.807, 2.05) is 0 Å². The van der Waals surface area contributed by atoms with Crippen molar-refractivity contribution in [3.8, 4) is 0 Å². The van der Waals surface area contributed by atoms with Crippen molar-refractivity contribution < 1.29 is 9.16 Å². The van der Waals surface area contributed by atoms with Crippen LogP contribution in [0.2, 0.25) is 18.1 Å². The molecule has 0 aromatic heterocycles. The summed E-state index contributed by atoms with van der Waals surface area (Å²) in [4.78, 5) is 0. The predicted octanol–water partition coefficient (Wildman–Crippen LogP) is 5.32. The van der Waals surface area contributed by atoms with E-state index in [4.69, 9.17) is 9.16 Å². The molecule has 1 aromatic carbocycles. The molecular weight excluding hydrogens is 288 g/mol. The number of ether oxygens (including phenoxy) is 1. The van der Waals surface area contributed by atoms with Crippen molar-refractivity contribution in [2.45, 2.75) is 76.5 Å². The second kappa shape index (κ2) is 5.18. The molecule has 3 heteroatoms. The first kappa shape index (κ1) is 16.2. The zero-order valence-corrected chi connectivity index (χ0v) is 15.8. The van der Waals surface area contributed by atoms with Crippen molar-refractivity contribution >= 4 is 8.32 Å². The van der Waals surface area contributed by atoms with Gasteiger partial charge in [0.2, 0.25) is 0 Å². The van der Waals surface area contributed by atoms with Crippen LogP contribution in [0.4, 0.5) is 0 Å². The Morgan fingerprint density at radius 2 is 1.82 bits per heavy atom. The molecule has 22 heavy (non-hydrogen) atoms. The summed E-state index contributed by atoms with van der Waals surface area (Å²) in [6.45, 7) is 13.9. The molecule has 1 saturated heterocycles. The van der Waals surface area contributed by atoms with E-state index in [9.17, 15) is 0 Å². The number of benzene rings is 1. The van der Waals surface area contributed by atoms with Gasteiger partial charge in [-0.1, -0.05) is 51.1 Å². The Labute approximate surface area is 136 Å². The highest BCUT2D eigenvalue weighted by atomic mass is 28.4. The Bertz CT molecular complexity index is 534. The standard InChI is InChI=1S/C19H30O2Si/c1-18(2,3)22(5,6)21-17-15-12-13-19(17,4)20-16(15)14-10-8-7-9-11-14/h7-11,15-17H,12-13H2,1-6H3/t15-,16-,17?,19-/m0/s1. The molecule has 0 amide bonds. The van der Waals surface area contributed by atoms with Gasteiger partial charge in [-0.05, 0) is 43.5 Å². The minimum absolute atomic E-state index is 0.110. The van der Waals surface area contributed by atoms with Gasteiger partial charge in [-0.3, -0.25) is 0 Å². The molecule has 1 aliphatic carbocycles. The van der Waals surface area contributed by atoms with Crippen LogP contribution in [-0.2, 0) is 9.16 Å². The fraction of sp³-hybridized carbons (Fsp3) is 0.684. The predicted molar refractivity (Wildman–Crippen MR) is 93.5 cm³/mol. The van der Waals surface area contributed by atoms with E-state index in [0.29, 0.717) is 5.92 Å². The largest absolute Gasteiger partial charge is 0.411 e. The Hall–Kier alpha value is -0.643. The molecule has 2 aliphatic rings. The maximum Gasteiger partial charge on any atom is 0.192 e. The van der Waals surface area contributed by atoms with Crippen molar-refractivity contribution in [1.82, 2.24) is 0 Å². The Morgan fingerprint density at radius 3 is 2.41 bits per heavy atom. The Kier molecular flexibility index (Phi) is 3.82. The summed E-state index contributed by atoms with van der Waals surface area (Å²) >= 11 is 0. The molecule has 1 aromatic rings. The third-order valence-electron chi connectivity index (χ3n) is 6.11. The van der Waals surface area contributed by atoms with Crippen LogP contribution in [0.5, 0.6) is 0 Å². The second-order valence-electron chi connectivity index (χ2n) is 8.76. The van der Waals surface area contributed by atoms with E-state index < -0.39 is 8.32 Å². The van der Waals surface area contributed by atoms with E-state index in [2.05, 4.69) is 71.1 Å². The SMILES string of the molecule is CC(C)(C)[Si](C)(C)OC1[C@H]2CC[C@]1(C)O[C@H]2c1ccccc1. The molecule has 2 bridgehead atoms. The van der Waals surface area contributed by atoms with Gasteiger partial charge in [-0.2, -0.15) is 0 Å². The van der Waals surface area contributed by atoms with E-state index in [-0.39, 0.29) is 22.8 Å². The topological polar surface area (TPSA) is 18.5 Å². The summed E-state index contributed by atoms with van der Waals surface area (Å²) in [5.41, 5.74) is 1.19. The minimum Gasteiger partial charge on any atom is -0.411 e. The first-order chi connectivity index (χ1) is 10.1. The average Bonchev–Trinajstić information content (AvgIpc) is 2.88. The van der Waals surface area contributed by atoms with Crippen LogP contribution < -0.4 is 0 Å². The van der Waals surface area contributed by atoms with Gasteiger partial charge >= 0.3 is 0 Å². The smallest absolute Gasteiger partial charge is 0.192 e. The van der Waals surface area contributed by atoms with Gasteiger partial charge in [-0.15, -0.1) is 0 Å². The third kappa shape index (κ3) is 2.57. The van der Waals surface area contributed by atoms with Crippen molar-refractivity contribution in [3.63, 3.8) is 0 Å². The molecule has 1 heterocycles. The number of fused-ring (bicyclic) bond motifs is 2. The summed E-state index contributed by atoms with van der Waals surface area (Å²) in [6, 6.07) is 10.7. The van der Waals surface area contributed by atoms with E-state index in [0.717, 1.165) is 6.42 Å². The van der Waals surface area contributed by atoms with Gasteiger partial charge in [-0.25, -0.2) is 0 Å². The number of rotatable bonds is 3. The Morgan fingerprint density at radius 1 is 1.18 bits per heavy atom. The molecule has 0 N–H and O–H groups in total. The molecule has 2 fully saturated rings. The third-order valence-corrected chi connectivity index (χ3v) is 10.6. The van der Waals surface area contributed by atoms with Crippen LogP contribution in [0.1, 0.15) is 52.2 Å². The van der Waals surface area contributed by atoms with E-state index >= 15 is 0 Å². The first-order valence-corrected chi connectivity index (χ1v) is 11.5. The average molecular weight is 319 g/mol. The fourth-order valence-corrected chi connectivity index (χ4v) is 5.09. The van der Waals surface area contributed by atoms with Crippen LogP contribution in [0.15, 0.2) is 30.3 Å². The van der Waals surface area contributed by atoms with Gasteiger partial charge in [0.05, 0.1) is 17.8 Å². The summed E-state index contributed by atoms with van der Waals surface area (Å²) in [7, 11) is -1.77. The van der Waals surface area contributed by atoms with Crippen LogP contribution >= 0.6 is 0 Å². The minimum atomic E-state index is -1.77. The molecule has 1 unspecified atom stereocenters. The zero-order valence-electron chi connectivity index (χ0n) is 14.8. The maximum absolute atomic E-state index is 6.82. The summed E-state index contributed by atoms with van der Waals surface area (Å²) in [5.74, 6) is 0.501. The van der Waals surface area contributed by atoms with Crippen molar-refractivity contribution in [2.24, 2.45) is 5.92 Å². The van der Waals surface area contributed by atoms with E-state index in [1.165, 1.54) is 12.0 Å². The lowest BCUT2D eigenvalue weighted by Gasteiger charge is -2.41. The molecule has 0 spiro atoms. The van der Waals surface area contributed by atoms with Crippen molar-refractivity contribution in [3.05, 3.63) is 35.9 Å². The highest BCUT2D eigenvalue weighted by molar-refractivity contribution is 6.74. The van der Waals surface area contributed by atoms with E-state index in [1.54, 1.807) is 0 Å². The maximum atomic E-state index is 6.82. The van der Waals surface area contributed by atoms with Crippen molar-refractivity contribution in [2.75, 3.05) is 0 Å². The monoisotopic (exact) mass is 318 g/mol. The molecule has 1 saturated carbocycles. The first-order valence-electron chi connectivity index (χ1n) is 8.55. The van der Waals surface area contributed by atoms with Crippen LogP contribution in [-0.4, -0.2) is 20.0 Å². The van der Waals surface area contributed by atoms with Crippen LogP contribution in [0, 0.1) is 5.92 Å². The number of hydrogen-bond acceptors (Lipinski definition) is 2. The normalized spacial score (nSPS) is 35.1. The van der Waals surface area contributed by atoms with Crippen LogP contribution in [0.25, 0.3) is 0 Å². The second-order valence-corrected chi connectivity index (χ2v) is 13.5. The molecule has 1 aliphatic heterocycles. The lowest BCUT2D eigenvalue weighted by Crippen LogP contribution is -2.48. The van der Waals surface area contributed by atoms with Crippen molar-refractivity contribution in [1.29, 1.82) is 0 Å². The summed E-state index contributed by atoms with van der Waals surface area (Å²) in [6.07, 6.45) is 2.80. The van der Waals surface area contributed by atoms with Gasteiger partial charge in [0.1, 0.15) is 0 Å². The lowest BCUT2D eigenvalue weighted by molar-refractivity contribution is -0.0783.